The van der Waals surface area contributed by atoms with Crippen molar-refractivity contribution in [3.63, 3.8) is 0 Å². The van der Waals surface area contributed by atoms with Gasteiger partial charge in [0.1, 0.15) is 11.5 Å². The highest BCUT2D eigenvalue weighted by molar-refractivity contribution is 7.80. The van der Waals surface area contributed by atoms with Crippen LogP contribution in [0.4, 0.5) is 5.69 Å². The maximum absolute atomic E-state index is 10.9. The Morgan fingerprint density at radius 3 is 2.29 bits per heavy atom. The minimum atomic E-state index is -0.278. The number of nitrogens with one attached hydrogen (secondary N) is 1. The van der Waals surface area contributed by atoms with Crippen LogP contribution in [0.1, 0.15) is 37.2 Å². The summed E-state index contributed by atoms with van der Waals surface area (Å²) in [6.07, 6.45) is 3.93. The first-order valence-corrected chi connectivity index (χ1v) is 12.7. The van der Waals surface area contributed by atoms with Crippen LogP contribution in [0.15, 0.2) is 48.5 Å². The Labute approximate surface area is 208 Å². The summed E-state index contributed by atoms with van der Waals surface area (Å²) in [4.78, 5) is 4.64. The van der Waals surface area contributed by atoms with Gasteiger partial charge in [0.25, 0.3) is 0 Å². The van der Waals surface area contributed by atoms with Crippen molar-refractivity contribution in [2.75, 3.05) is 52.3 Å². The van der Waals surface area contributed by atoms with E-state index >= 15 is 0 Å². The van der Waals surface area contributed by atoms with E-state index in [1.807, 2.05) is 24.3 Å². The molecule has 4 rings (SSSR count). The lowest BCUT2D eigenvalue weighted by molar-refractivity contribution is 0.0343. The van der Waals surface area contributed by atoms with Crippen molar-refractivity contribution in [1.29, 1.82) is 0 Å². The molecule has 6 nitrogen and oxygen atoms in total. The number of aliphatic hydroxyl groups is 1. The third-order valence-electron chi connectivity index (χ3n) is 7.31. The van der Waals surface area contributed by atoms with E-state index in [0.717, 1.165) is 80.7 Å². The van der Waals surface area contributed by atoms with Gasteiger partial charge < -0.3 is 29.7 Å². The lowest BCUT2D eigenvalue weighted by Crippen LogP contribution is -2.46. The molecule has 2 aromatic carbocycles. The molecule has 0 amide bonds. The number of hydrogen-bond acceptors (Lipinski definition) is 5. The molecule has 7 heteroatoms. The third kappa shape index (κ3) is 6.40. The summed E-state index contributed by atoms with van der Waals surface area (Å²) >= 11 is 5.63. The molecule has 1 atom stereocenters. The number of benzene rings is 2. The fraction of sp³-hybridized carbons (Fsp3) is 0.519. The van der Waals surface area contributed by atoms with Gasteiger partial charge in [-0.1, -0.05) is 18.2 Å². The Kier molecular flexibility index (Phi) is 8.64. The third-order valence-corrected chi connectivity index (χ3v) is 7.67. The average molecular weight is 484 g/mol. The highest BCUT2D eigenvalue weighted by Crippen LogP contribution is 2.30. The van der Waals surface area contributed by atoms with E-state index in [4.69, 9.17) is 21.7 Å². The van der Waals surface area contributed by atoms with Crippen LogP contribution in [0.5, 0.6) is 11.5 Å². The van der Waals surface area contributed by atoms with Crippen molar-refractivity contribution in [3.8, 4) is 11.5 Å². The summed E-state index contributed by atoms with van der Waals surface area (Å²) < 4.78 is 10.6. The molecule has 0 radical (unpaired) electrons. The zero-order valence-electron chi connectivity index (χ0n) is 20.3. The van der Waals surface area contributed by atoms with Crippen molar-refractivity contribution in [2.45, 2.75) is 37.7 Å². The summed E-state index contributed by atoms with van der Waals surface area (Å²) in [5, 5.41) is 15.0. The standard InChI is InChI=1S/C27H37N3O3S/c1-32-24-8-6-20(7-9-24)21-10-14-29(15-11-21)19-26(31)22-12-16-30(17-13-22)27(34)28-23-4-3-5-25(18-23)33-2/h3-9,18,21-22,26,31H,10-17,19H2,1-2H3,(H,28,34). The minimum Gasteiger partial charge on any atom is -0.497 e. The molecule has 0 bridgehead atoms. The Bertz CT molecular complexity index is 923. The van der Waals surface area contributed by atoms with E-state index in [-0.39, 0.29) is 6.10 Å². The number of ether oxygens (including phenoxy) is 2. The lowest BCUT2D eigenvalue weighted by Gasteiger charge is -2.38. The van der Waals surface area contributed by atoms with Crippen LogP contribution in [-0.2, 0) is 0 Å². The second-order valence-corrected chi connectivity index (χ2v) is 9.79. The predicted molar refractivity (Wildman–Crippen MR) is 141 cm³/mol. The van der Waals surface area contributed by atoms with Crippen molar-refractivity contribution in [2.24, 2.45) is 5.92 Å². The number of aliphatic hydroxyl groups excluding tert-OH is 1. The molecule has 0 spiro atoms. The average Bonchev–Trinajstić information content (AvgIpc) is 2.89. The SMILES string of the molecule is COc1ccc(C2CCN(CC(O)C3CCN(C(=S)Nc4cccc(OC)c4)CC3)CC2)cc1. The number of thiocarbonyl (C=S) groups is 1. The van der Waals surface area contributed by atoms with Gasteiger partial charge in [0.15, 0.2) is 5.11 Å². The summed E-state index contributed by atoms with van der Waals surface area (Å²) in [6, 6.07) is 16.3. The normalized spacial score (nSPS) is 19.0. The van der Waals surface area contributed by atoms with Crippen LogP contribution in [0.25, 0.3) is 0 Å². The summed E-state index contributed by atoms with van der Waals surface area (Å²) in [6.45, 7) is 4.60. The van der Waals surface area contributed by atoms with Crippen LogP contribution in [0.3, 0.4) is 0 Å². The fourth-order valence-electron chi connectivity index (χ4n) is 5.13. The van der Waals surface area contributed by atoms with Gasteiger partial charge in [-0.05, 0) is 92.7 Å². The van der Waals surface area contributed by atoms with Crippen LogP contribution in [0, 0.1) is 5.92 Å². The van der Waals surface area contributed by atoms with Gasteiger partial charge in [-0.15, -0.1) is 0 Å². The molecule has 2 saturated heterocycles. The number of hydrogen-bond donors (Lipinski definition) is 2. The highest BCUT2D eigenvalue weighted by atomic mass is 32.1. The number of anilines is 1. The van der Waals surface area contributed by atoms with Crippen molar-refractivity contribution in [1.82, 2.24) is 9.80 Å². The summed E-state index contributed by atoms with van der Waals surface area (Å²) in [5.74, 6) is 2.64. The van der Waals surface area contributed by atoms with Gasteiger partial charge in [0, 0.05) is 31.4 Å². The molecule has 0 aliphatic carbocycles. The van der Waals surface area contributed by atoms with Gasteiger partial charge in [-0.2, -0.15) is 0 Å². The van der Waals surface area contributed by atoms with E-state index in [1.165, 1.54) is 5.56 Å². The summed E-state index contributed by atoms with van der Waals surface area (Å²) in [7, 11) is 3.37. The Balaban J connectivity index is 1.18. The lowest BCUT2D eigenvalue weighted by atomic mass is 9.88. The zero-order valence-corrected chi connectivity index (χ0v) is 21.1. The number of methoxy groups -OCH3 is 2. The van der Waals surface area contributed by atoms with Gasteiger partial charge >= 0.3 is 0 Å². The molecule has 2 N–H and O–H groups in total. The van der Waals surface area contributed by atoms with Crippen LogP contribution in [0.2, 0.25) is 0 Å². The molecule has 34 heavy (non-hydrogen) atoms. The number of β-amino-alcohol motifs (C(OH)–C–C–N with tert-alkyl or cyclic N) is 1. The summed E-state index contributed by atoms with van der Waals surface area (Å²) in [5.41, 5.74) is 2.33. The number of rotatable bonds is 7. The highest BCUT2D eigenvalue weighted by Gasteiger charge is 2.29. The molecule has 0 aromatic heterocycles. The molecule has 184 valence electrons. The predicted octanol–water partition coefficient (Wildman–Crippen LogP) is 4.35. The Morgan fingerprint density at radius 1 is 0.971 bits per heavy atom. The maximum Gasteiger partial charge on any atom is 0.173 e. The fourth-order valence-corrected chi connectivity index (χ4v) is 5.43. The monoisotopic (exact) mass is 483 g/mol. The molecule has 2 fully saturated rings. The molecule has 2 aliphatic rings. The van der Waals surface area contributed by atoms with Crippen molar-refractivity contribution < 1.29 is 14.6 Å². The van der Waals surface area contributed by atoms with Crippen molar-refractivity contribution >= 4 is 23.0 Å². The first-order chi connectivity index (χ1) is 16.6. The molecule has 2 aliphatic heterocycles. The van der Waals surface area contributed by atoms with Crippen molar-refractivity contribution in [3.05, 3.63) is 54.1 Å². The second-order valence-electron chi connectivity index (χ2n) is 9.40. The topological polar surface area (TPSA) is 57.2 Å². The molecule has 2 aromatic rings. The number of piperidine rings is 2. The second kappa shape index (κ2) is 11.9. The van der Waals surface area contributed by atoms with E-state index in [0.29, 0.717) is 11.8 Å². The van der Waals surface area contributed by atoms with Gasteiger partial charge in [-0.3, -0.25) is 0 Å². The van der Waals surface area contributed by atoms with E-state index in [2.05, 4.69) is 39.4 Å². The molecular weight excluding hydrogens is 446 g/mol. The van der Waals surface area contributed by atoms with Gasteiger partial charge in [0.2, 0.25) is 0 Å². The van der Waals surface area contributed by atoms with Gasteiger partial charge in [0.05, 0.1) is 20.3 Å². The molecule has 2 heterocycles. The molecular formula is C27H37N3O3S. The number of nitrogens with zero attached hydrogens (tertiary/aromatic N) is 2. The first kappa shape index (κ1) is 24.8. The largest absolute Gasteiger partial charge is 0.497 e. The Morgan fingerprint density at radius 2 is 1.65 bits per heavy atom. The van der Waals surface area contributed by atoms with E-state index in [1.54, 1.807) is 14.2 Å². The zero-order chi connectivity index (χ0) is 23.9. The Hall–Kier alpha value is -2.35. The quantitative estimate of drug-likeness (QED) is 0.568. The van der Waals surface area contributed by atoms with Crippen LogP contribution in [-0.4, -0.2) is 73.1 Å². The molecule has 1 unspecified atom stereocenters. The van der Waals surface area contributed by atoms with Crippen LogP contribution >= 0.6 is 12.2 Å². The number of likely N-dealkylation sites (tertiary alicyclic amines) is 2. The molecule has 0 saturated carbocycles. The van der Waals surface area contributed by atoms with E-state index < -0.39 is 0 Å². The minimum absolute atomic E-state index is 0.278. The van der Waals surface area contributed by atoms with Gasteiger partial charge in [-0.25, -0.2) is 0 Å². The maximum atomic E-state index is 10.9. The smallest absolute Gasteiger partial charge is 0.173 e. The first-order valence-electron chi connectivity index (χ1n) is 12.3. The van der Waals surface area contributed by atoms with Crippen LogP contribution < -0.4 is 14.8 Å². The van der Waals surface area contributed by atoms with E-state index in [9.17, 15) is 5.11 Å².